The van der Waals surface area contributed by atoms with Gasteiger partial charge < -0.3 is 5.32 Å². The highest BCUT2D eigenvalue weighted by Crippen LogP contribution is 2.35. The van der Waals surface area contributed by atoms with Crippen molar-refractivity contribution in [1.82, 2.24) is 20.0 Å². The molecule has 1 aliphatic carbocycles. The molecule has 3 rings (SSSR count). The predicted octanol–water partition coefficient (Wildman–Crippen LogP) is 1.50. The highest BCUT2D eigenvalue weighted by atomic mass is 19.4. The number of hydrogen-bond donors (Lipinski definition) is 2. The Labute approximate surface area is 133 Å². The van der Waals surface area contributed by atoms with Gasteiger partial charge in [0.2, 0.25) is 5.91 Å². The molecule has 1 amide bonds. The van der Waals surface area contributed by atoms with Crippen LogP contribution in [0.15, 0.2) is 16.9 Å². The number of anilines is 1. The Morgan fingerprint density at radius 3 is 2.71 bits per heavy atom. The van der Waals surface area contributed by atoms with Gasteiger partial charge in [-0.15, -0.1) is 0 Å². The Morgan fingerprint density at radius 1 is 1.29 bits per heavy atom. The summed E-state index contributed by atoms with van der Waals surface area (Å²) in [5, 5.41) is 11.8. The van der Waals surface area contributed by atoms with Crippen LogP contribution in [0.2, 0.25) is 0 Å². The third kappa shape index (κ3) is 3.31. The van der Waals surface area contributed by atoms with E-state index < -0.39 is 23.3 Å². The number of aromatic amines is 1. The Bertz CT molecular complexity index is 804. The monoisotopic (exact) mass is 341 g/mol. The molecule has 2 aromatic rings. The number of rotatable bonds is 3. The lowest BCUT2D eigenvalue weighted by atomic mass is 9.95. The van der Waals surface area contributed by atoms with Crippen molar-refractivity contribution in [3.8, 4) is 0 Å². The topological polar surface area (TPSA) is 92.7 Å². The molecule has 0 aliphatic heterocycles. The summed E-state index contributed by atoms with van der Waals surface area (Å²) < 4.78 is 40.4. The number of H-pyrrole nitrogens is 1. The molecule has 0 aromatic carbocycles. The van der Waals surface area contributed by atoms with Crippen molar-refractivity contribution in [3.05, 3.63) is 39.4 Å². The summed E-state index contributed by atoms with van der Waals surface area (Å²) in [5.41, 5.74) is -0.696. The second kappa shape index (κ2) is 6.10. The van der Waals surface area contributed by atoms with E-state index in [0.717, 1.165) is 11.1 Å². The number of nitrogens with one attached hydrogen (secondary N) is 2. The fraction of sp³-hybridized carbons (Fsp3) is 0.429. The average Bonchev–Trinajstić information content (AvgIpc) is 2.89. The van der Waals surface area contributed by atoms with Gasteiger partial charge in [0.05, 0.1) is 0 Å². The standard InChI is InChI=1S/C14H14F3N5O2/c15-14(16,17)13-8-3-1-2-4-9(8)22(21-13)7-12(24)18-10-5-6-11(23)20-19-10/h5-6H,1-4,7H2,(H,20,23)(H,18,19,24). The highest BCUT2D eigenvalue weighted by Gasteiger charge is 2.39. The van der Waals surface area contributed by atoms with Crippen LogP contribution >= 0.6 is 0 Å². The van der Waals surface area contributed by atoms with Gasteiger partial charge in [-0.1, -0.05) is 0 Å². The third-order valence-electron chi connectivity index (χ3n) is 3.77. The zero-order valence-electron chi connectivity index (χ0n) is 12.5. The lowest BCUT2D eigenvalue weighted by molar-refractivity contribution is -0.142. The van der Waals surface area contributed by atoms with Crippen LogP contribution in [0.4, 0.5) is 19.0 Å². The molecule has 128 valence electrons. The maximum atomic E-state index is 13.1. The largest absolute Gasteiger partial charge is 0.435 e. The first kappa shape index (κ1) is 16.2. The van der Waals surface area contributed by atoms with Crippen LogP contribution in [0.25, 0.3) is 0 Å². The molecule has 10 heteroatoms. The molecule has 0 unspecified atom stereocenters. The fourth-order valence-corrected chi connectivity index (χ4v) is 2.76. The molecule has 1 aliphatic rings. The first-order valence-corrected chi connectivity index (χ1v) is 7.36. The van der Waals surface area contributed by atoms with Crippen LogP contribution in [0, 0.1) is 0 Å². The number of aromatic nitrogens is 4. The van der Waals surface area contributed by atoms with Crippen LogP contribution < -0.4 is 10.9 Å². The van der Waals surface area contributed by atoms with E-state index >= 15 is 0 Å². The Balaban J connectivity index is 1.82. The summed E-state index contributed by atoms with van der Waals surface area (Å²) in [5.74, 6) is -0.462. The molecule has 2 heterocycles. The van der Waals surface area contributed by atoms with Gasteiger partial charge in [0.25, 0.3) is 5.56 Å². The number of alkyl halides is 3. The van der Waals surface area contributed by atoms with Crippen LogP contribution in [0.1, 0.15) is 29.8 Å². The van der Waals surface area contributed by atoms with Gasteiger partial charge in [-0.25, -0.2) is 5.10 Å². The molecule has 2 aromatic heterocycles. The summed E-state index contributed by atoms with van der Waals surface area (Å²) >= 11 is 0. The Hall–Kier alpha value is -2.65. The quantitative estimate of drug-likeness (QED) is 0.885. The number of carbonyl (C=O) groups is 1. The van der Waals surface area contributed by atoms with Gasteiger partial charge in [-0.3, -0.25) is 14.3 Å². The molecule has 0 fully saturated rings. The van der Waals surface area contributed by atoms with Gasteiger partial charge in [0, 0.05) is 17.3 Å². The number of fused-ring (bicyclic) bond motifs is 1. The molecular formula is C14H14F3N5O2. The maximum absolute atomic E-state index is 13.1. The second-order valence-electron chi connectivity index (χ2n) is 5.49. The van der Waals surface area contributed by atoms with Gasteiger partial charge in [-0.2, -0.15) is 23.4 Å². The summed E-state index contributed by atoms with van der Waals surface area (Å²) in [7, 11) is 0. The van der Waals surface area contributed by atoms with E-state index in [2.05, 4.69) is 20.6 Å². The molecule has 0 spiro atoms. The summed E-state index contributed by atoms with van der Waals surface area (Å²) in [6, 6.07) is 2.48. The highest BCUT2D eigenvalue weighted by molar-refractivity contribution is 5.89. The van der Waals surface area contributed by atoms with Crippen molar-refractivity contribution in [3.63, 3.8) is 0 Å². The van der Waals surface area contributed by atoms with Crippen LogP contribution in [-0.2, 0) is 30.4 Å². The third-order valence-corrected chi connectivity index (χ3v) is 3.77. The summed E-state index contributed by atoms with van der Waals surface area (Å²) in [6.45, 7) is -0.348. The van der Waals surface area contributed by atoms with Crippen molar-refractivity contribution in [2.24, 2.45) is 0 Å². The van der Waals surface area contributed by atoms with E-state index in [9.17, 15) is 22.8 Å². The van der Waals surface area contributed by atoms with Gasteiger partial charge in [-0.05, 0) is 31.7 Å². The fourth-order valence-electron chi connectivity index (χ4n) is 2.76. The number of nitrogens with zero attached hydrogens (tertiary/aromatic N) is 3. The van der Waals surface area contributed by atoms with E-state index in [0.29, 0.717) is 25.0 Å². The van der Waals surface area contributed by atoms with Crippen molar-refractivity contribution in [2.45, 2.75) is 38.4 Å². The summed E-state index contributed by atoms with van der Waals surface area (Å²) in [6.07, 6.45) is -2.33. The van der Waals surface area contributed by atoms with Crippen molar-refractivity contribution < 1.29 is 18.0 Å². The average molecular weight is 341 g/mol. The van der Waals surface area contributed by atoms with Gasteiger partial charge in [0.1, 0.15) is 6.54 Å². The van der Waals surface area contributed by atoms with E-state index in [-0.39, 0.29) is 17.9 Å². The molecule has 24 heavy (non-hydrogen) atoms. The number of carbonyl (C=O) groups excluding carboxylic acids is 1. The molecule has 2 N–H and O–H groups in total. The van der Waals surface area contributed by atoms with Crippen molar-refractivity contribution >= 4 is 11.7 Å². The molecule has 0 saturated heterocycles. The van der Waals surface area contributed by atoms with Crippen LogP contribution in [0.3, 0.4) is 0 Å². The number of hydrogen-bond acceptors (Lipinski definition) is 4. The van der Waals surface area contributed by atoms with E-state index in [1.807, 2.05) is 0 Å². The van der Waals surface area contributed by atoms with E-state index in [4.69, 9.17) is 0 Å². The maximum Gasteiger partial charge on any atom is 0.435 e. The number of amides is 1. The van der Waals surface area contributed by atoms with E-state index in [1.54, 1.807) is 0 Å². The van der Waals surface area contributed by atoms with Crippen LogP contribution in [-0.4, -0.2) is 25.9 Å². The molecule has 0 radical (unpaired) electrons. The lowest BCUT2D eigenvalue weighted by Gasteiger charge is -2.14. The van der Waals surface area contributed by atoms with Crippen molar-refractivity contribution in [1.29, 1.82) is 0 Å². The normalized spacial score (nSPS) is 14.3. The molecule has 7 nitrogen and oxygen atoms in total. The lowest BCUT2D eigenvalue weighted by Crippen LogP contribution is -2.23. The Kier molecular flexibility index (Phi) is 4.12. The first-order valence-electron chi connectivity index (χ1n) is 7.36. The van der Waals surface area contributed by atoms with Crippen molar-refractivity contribution in [2.75, 3.05) is 5.32 Å². The first-order chi connectivity index (χ1) is 11.3. The van der Waals surface area contributed by atoms with E-state index in [1.165, 1.54) is 12.1 Å². The second-order valence-corrected chi connectivity index (χ2v) is 5.49. The number of halogens is 3. The zero-order chi connectivity index (χ0) is 17.3. The van der Waals surface area contributed by atoms with Crippen LogP contribution in [0.5, 0.6) is 0 Å². The zero-order valence-corrected chi connectivity index (χ0v) is 12.5. The molecular weight excluding hydrogens is 327 g/mol. The van der Waals surface area contributed by atoms with Gasteiger partial charge >= 0.3 is 6.18 Å². The SMILES string of the molecule is O=C(Cn1nc(C(F)(F)F)c2c1CCCC2)Nc1ccc(=O)[nH]n1. The smallest absolute Gasteiger partial charge is 0.308 e. The minimum Gasteiger partial charge on any atom is -0.308 e. The minimum absolute atomic E-state index is 0.108. The van der Waals surface area contributed by atoms with Gasteiger partial charge in [0.15, 0.2) is 11.5 Å². The molecule has 0 bridgehead atoms. The summed E-state index contributed by atoms with van der Waals surface area (Å²) in [4.78, 5) is 22.9. The molecule has 0 atom stereocenters. The minimum atomic E-state index is -4.54. The Morgan fingerprint density at radius 2 is 2.04 bits per heavy atom. The molecule has 0 saturated carbocycles. The predicted molar refractivity (Wildman–Crippen MR) is 77.4 cm³/mol.